The van der Waals surface area contributed by atoms with E-state index in [0.29, 0.717) is 12.1 Å². The fourth-order valence-electron chi connectivity index (χ4n) is 6.26. The Morgan fingerprint density at radius 2 is 1.18 bits per heavy atom. The Balaban J connectivity index is 1.24. The minimum absolute atomic E-state index is 0.389. The maximum atomic E-state index is 3.97. The summed E-state index contributed by atoms with van der Waals surface area (Å²) in [6, 6.07) is 32.0. The molecule has 1 aliphatic carbocycles. The molecular weight excluding hydrogens is 462 g/mol. The third-order valence-corrected chi connectivity index (χ3v) is 8.41. The van der Waals surface area contributed by atoms with Gasteiger partial charge < -0.3 is 16.0 Å². The second-order valence-electron chi connectivity index (χ2n) is 11.4. The highest BCUT2D eigenvalue weighted by molar-refractivity contribution is 5.83. The van der Waals surface area contributed by atoms with Crippen molar-refractivity contribution >= 4 is 21.5 Å². The third kappa shape index (κ3) is 7.66. The molecule has 5 rings (SSSR count). The van der Waals surface area contributed by atoms with Crippen molar-refractivity contribution in [1.29, 1.82) is 0 Å². The Bertz CT molecular complexity index is 1280. The van der Waals surface area contributed by atoms with Crippen molar-refractivity contribution in [3.63, 3.8) is 0 Å². The van der Waals surface area contributed by atoms with E-state index in [1.165, 1.54) is 71.2 Å². The molecule has 4 aromatic rings. The van der Waals surface area contributed by atoms with Crippen LogP contribution in [0.15, 0.2) is 84.9 Å². The monoisotopic (exact) mass is 507 g/mol. The van der Waals surface area contributed by atoms with Crippen molar-refractivity contribution in [2.24, 2.45) is 5.92 Å². The highest BCUT2D eigenvalue weighted by Gasteiger charge is 2.17. The van der Waals surface area contributed by atoms with E-state index < -0.39 is 0 Å². The molecule has 0 aromatic heterocycles. The van der Waals surface area contributed by atoms with E-state index in [4.69, 9.17) is 0 Å². The first-order valence-electron chi connectivity index (χ1n) is 14.8. The normalized spacial score (nSPS) is 16.1. The zero-order chi connectivity index (χ0) is 26.0. The van der Waals surface area contributed by atoms with Crippen molar-refractivity contribution in [2.75, 3.05) is 26.7 Å². The molecule has 2 atom stereocenters. The Hall–Kier alpha value is -2.72. The SMILES string of the molecule is CNC[C@H](Cc1ccc2ccccc2c1)NC[C@@H](Cc1ccc2ccccc2c1)NCCC1CCCCC1. The molecule has 0 spiro atoms. The molecule has 3 heteroatoms. The molecule has 1 saturated carbocycles. The number of hydrogen-bond donors (Lipinski definition) is 3. The van der Waals surface area contributed by atoms with Crippen LogP contribution in [-0.4, -0.2) is 38.8 Å². The largest absolute Gasteiger partial charge is 0.318 e. The molecule has 0 aliphatic heterocycles. The van der Waals surface area contributed by atoms with Gasteiger partial charge in [0.25, 0.3) is 0 Å². The molecule has 4 aromatic carbocycles. The summed E-state index contributed by atoms with van der Waals surface area (Å²) in [4.78, 5) is 0. The third-order valence-electron chi connectivity index (χ3n) is 8.41. The van der Waals surface area contributed by atoms with Gasteiger partial charge in [-0.05, 0) is 71.4 Å². The summed E-state index contributed by atoms with van der Waals surface area (Å²) in [6.07, 6.45) is 10.5. The number of nitrogens with one attached hydrogen (secondary N) is 3. The average Bonchev–Trinajstić information content (AvgIpc) is 2.96. The molecular formula is C35H45N3. The van der Waals surface area contributed by atoms with Gasteiger partial charge in [-0.25, -0.2) is 0 Å². The number of rotatable bonds is 13. The molecule has 1 aliphatic rings. The maximum Gasteiger partial charge on any atom is 0.0233 e. The second-order valence-corrected chi connectivity index (χ2v) is 11.4. The van der Waals surface area contributed by atoms with Crippen LogP contribution in [0.2, 0.25) is 0 Å². The van der Waals surface area contributed by atoms with Crippen LogP contribution in [0.1, 0.15) is 49.7 Å². The van der Waals surface area contributed by atoms with E-state index in [9.17, 15) is 0 Å². The summed E-state index contributed by atoms with van der Waals surface area (Å²) >= 11 is 0. The average molecular weight is 508 g/mol. The minimum Gasteiger partial charge on any atom is -0.318 e. The van der Waals surface area contributed by atoms with Crippen molar-refractivity contribution in [2.45, 2.75) is 63.5 Å². The lowest BCUT2D eigenvalue weighted by Gasteiger charge is -2.26. The molecule has 0 heterocycles. The Morgan fingerprint density at radius 3 is 1.76 bits per heavy atom. The van der Waals surface area contributed by atoms with Crippen molar-refractivity contribution in [3.05, 3.63) is 96.1 Å². The molecule has 0 bridgehead atoms. The smallest absolute Gasteiger partial charge is 0.0233 e. The summed E-state index contributed by atoms with van der Waals surface area (Å²) in [6.45, 7) is 3.04. The molecule has 200 valence electrons. The molecule has 1 fully saturated rings. The minimum atomic E-state index is 0.389. The molecule has 3 N–H and O–H groups in total. The van der Waals surface area contributed by atoms with Gasteiger partial charge in [-0.2, -0.15) is 0 Å². The number of fused-ring (bicyclic) bond motifs is 2. The number of benzene rings is 4. The van der Waals surface area contributed by atoms with E-state index in [1.54, 1.807) is 0 Å². The maximum absolute atomic E-state index is 3.97. The van der Waals surface area contributed by atoms with Crippen LogP contribution in [0.4, 0.5) is 0 Å². The van der Waals surface area contributed by atoms with Gasteiger partial charge in [0, 0.05) is 25.2 Å². The summed E-state index contributed by atoms with van der Waals surface area (Å²) in [7, 11) is 2.06. The lowest BCUT2D eigenvalue weighted by atomic mass is 9.87. The highest BCUT2D eigenvalue weighted by Crippen LogP contribution is 2.26. The Morgan fingerprint density at radius 1 is 0.632 bits per heavy atom. The van der Waals surface area contributed by atoms with Crippen LogP contribution < -0.4 is 16.0 Å². The van der Waals surface area contributed by atoms with Crippen LogP contribution >= 0.6 is 0 Å². The van der Waals surface area contributed by atoms with Crippen LogP contribution in [0, 0.1) is 5.92 Å². The molecule has 0 unspecified atom stereocenters. The topological polar surface area (TPSA) is 36.1 Å². The van der Waals surface area contributed by atoms with Crippen LogP contribution in [-0.2, 0) is 12.8 Å². The standard InChI is InChI=1S/C35H45N3/c1-36-25-34(23-28-15-17-30-11-5-7-13-32(30)21-28)38-26-35(37-20-19-27-9-3-2-4-10-27)24-29-16-18-31-12-6-8-14-33(31)22-29/h5-8,11-18,21-22,27,34-38H,2-4,9-10,19-20,23-26H2,1H3/t34-,35+/m0/s1. The molecule has 3 nitrogen and oxygen atoms in total. The van der Waals surface area contributed by atoms with Gasteiger partial charge in [-0.3, -0.25) is 0 Å². The van der Waals surface area contributed by atoms with E-state index >= 15 is 0 Å². The van der Waals surface area contributed by atoms with Gasteiger partial charge in [0.15, 0.2) is 0 Å². The summed E-state index contributed by atoms with van der Waals surface area (Å²) in [5.74, 6) is 0.912. The van der Waals surface area contributed by atoms with Crippen LogP contribution in [0.3, 0.4) is 0 Å². The fraction of sp³-hybridized carbons (Fsp3) is 0.429. The van der Waals surface area contributed by atoms with Gasteiger partial charge in [-0.1, -0.05) is 117 Å². The van der Waals surface area contributed by atoms with Crippen LogP contribution in [0.25, 0.3) is 21.5 Å². The first-order chi connectivity index (χ1) is 18.8. The lowest BCUT2D eigenvalue weighted by Crippen LogP contribution is -2.47. The Labute approximate surface area is 229 Å². The quantitative estimate of drug-likeness (QED) is 0.184. The van der Waals surface area contributed by atoms with Crippen LogP contribution in [0.5, 0.6) is 0 Å². The first-order valence-corrected chi connectivity index (χ1v) is 14.8. The van der Waals surface area contributed by atoms with E-state index in [1.807, 2.05) is 0 Å². The Kier molecular flexibility index (Phi) is 9.82. The van der Waals surface area contributed by atoms with Crippen molar-refractivity contribution < 1.29 is 0 Å². The predicted octanol–water partition coefficient (Wildman–Crippen LogP) is 6.88. The zero-order valence-electron chi connectivity index (χ0n) is 23.1. The van der Waals surface area contributed by atoms with Gasteiger partial charge in [0.1, 0.15) is 0 Å². The van der Waals surface area contributed by atoms with Gasteiger partial charge in [0.05, 0.1) is 0 Å². The van der Waals surface area contributed by atoms with Crippen molar-refractivity contribution in [3.8, 4) is 0 Å². The second kappa shape index (κ2) is 13.9. The molecule has 0 radical (unpaired) electrons. The lowest BCUT2D eigenvalue weighted by molar-refractivity contribution is 0.323. The summed E-state index contributed by atoms with van der Waals surface area (Å²) < 4.78 is 0. The summed E-state index contributed by atoms with van der Waals surface area (Å²) in [5, 5.41) is 16.6. The van der Waals surface area contributed by atoms with Gasteiger partial charge in [-0.15, -0.1) is 0 Å². The number of hydrogen-bond acceptors (Lipinski definition) is 3. The predicted molar refractivity (Wildman–Crippen MR) is 164 cm³/mol. The fourth-order valence-corrected chi connectivity index (χ4v) is 6.26. The number of likely N-dealkylation sites (N-methyl/N-ethyl adjacent to an activating group) is 1. The van der Waals surface area contributed by atoms with E-state index in [-0.39, 0.29) is 0 Å². The molecule has 0 saturated heterocycles. The van der Waals surface area contributed by atoms with Gasteiger partial charge in [0.2, 0.25) is 0 Å². The van der Waals surface area contributed by atoms with E-state index in [0.717, 1.165) is 38.4 Å². The highest BCUT2D eigenvalue weighted by atomic mass is 15.0. The molecule has 38 heavy (non-hydrogen) atoms. The van der Waals surface area contributed by atoms with E-state index in [2.05, 4.69) is 108 Å². The van der Waals surface area contributed by atoms with Crippen molar-refractivity contribution in [1.82, 2.24) is 16.0 Å². The summed E-state index contributed by atoms with van der Waals surface area (Å²) in [5.41, 5.74) is 2.81. The van der Waals surface area contributed by atoms with Gasteiger partial charge >= 0.3 is 0 Å². The molecule has 0 amide bonds. The first kappa shape index (κ1) is 26.9. The zero-order valence-corrected chi connectivity index (χ0v) is 23.1.